The number of carbonyl (C=O) groups excluding carboxylic acids is 1. The Morgan fingerprint density at radius 3 is 2.46 bits per heavy atom. The van der Waals surface area contributed by atoms with Crippen LogP contribution in [0.1, 0.15) is 0 Å². The zero-order chi connectivity index (χ0) is 25.9. The normalized spacial score (nSPS) is 13.6. The lowest BCUT2D eigenvalue weighted by molar-refractivity contribution is -0.133. The van der Waals surface area contributed by atoms with E-state index in [9.17, 15) is 19.1 Å². The summed E-state index contributed by atoms with van der Waals surface area (Å²) in [7, 11) is 1.55. The van der Waals surface area contributed by atoms with Gasteiger partial charge in [0.05, 0.1) is 18.4 Å². The Morgan fingerprint density at radius 1 is 1.03 bits per heavy atom. The Morgan fingerprint density at radius 2 is 1.76 bits per heavy atom. The first-order chi connectivity index (χ1) is 17.9. The summed E-state index contributed by atoms with van der Waals surface area (Å²) in [6.45, 7) is 1.63. The van der Waals surface area contributed by atoms with Crippen molar-refractivity contribution in [2.75, 3.05) is 44.8 Å². The van der Waals surface area contributed by atoms with Crippen molar-refractivity contribution in [2.24, 2.45) is 0 Å². The molecule has 8 nitrogen and oxygen atoms in total. The van der Waals surface area contributed by atoms with Crippen LogP contribution in [-0.2, 0) is 4.79 Å². The molecular formula is C28H25FN2O6. The number of methoxy groups -OCH3 is 1. The summed E-state index contributed by atoms with van der Waals surface area (Å²) in [4.78, 5) is 29.3. The molecule has 5 rings (SSSR count). The average molecular weight is 505 g/mol. The smallest absolute Gasteiger partial charge is 0.260 e. The summed E-state index contributed by atoms with van der Waals surface area (Å²) >= 11 is 0. The molecule has 1 aromatic heterocycles. The van der Waals surface area contributed by atoms with Crippen LogP contribution in [0, 0.1) is 5.82 Å². The highest BCUT2D eigenvalue weighted by Gasteiger charge is 2.23. The minimum absolute atomic E-state index is 0.0243. The number of phenols is 1. The lowest BCUT2D eigenvalue weighted by atomic mass is 10.0. The van der Waals surface area contributed by atoms with Crippen molar-refractivity contribution in [3.8, 4) is 28.4 Å². The van der Waals surface area contributed by atoms with E-state index in [1.165, 1.54) is 24.5 Å². The van der Waals surface area contributed by atoms with Crippen molar-refractivity contribution in [3.05, 3.63) is 83.0 Å². The fourth-order valence-corrected chi connectivity index (χ4v) is 4.40. The fraction of sp³-hybridized carbons (Fsp3) is 0.214. The number of phenolic OH excluding ortho intramolecular Hbond substituents is 1. The van der Waals surface area contributed by atoms with Gasteiger partial charge in [-0.05, 0) is 29.8 Å². The number of benzene rings is 3. The molecule has 0 spiro atoms. The molecule has 0 saturated carbocycles. The molecule has 0 atom stereocenters. The minimum atomic E-state index is -0.390. The van der Waals surface area contributed by atoms with Gasteiger partial charge in [0.25, 0.3) is 5.91 Å². The van der Waals surface area contributed by atoms with E-state index >= 15 is 0 Å². The third kappa shape index (κ3) is 4.93. The van der Waals surface area contributed by atoms with Crippen LogP contribution in [0.15, 0.2) is 76.1 Å². The number of para-hydroxylation sites is 1. The maximum Gasteiger partial charge on any atom is 0.260 e. The number of rotatable bonds is 6. The van der Waals surface area contributed by atoms with E-state index < -0.39 is 0 Å². The van der Waals surface area contributed by atoms with Gasteiger partial charge >= 0.3 is 0 Å². The van der Waals surface area contributed by atoms with Crippen LogP contribution in [0.4, 0.5) is 10.1 Å². The van der Waals surface area contributed by atoms with Crippen LogP contribution in [-0.4, -0.2) is 55.8 Å². The maximum atomic E-state index is 14.0. The molecule has 3 aromatic carbocycles. The summed E-state index contributed by atoms with van der Waals surface area (Å²) in [5.41, 5.74) is 1.19. The van der Waals surface area contributed by atoms with Gasteiger partial charge in [-0.2, -0.15) is 0 Å². The molecule has 0 bridgehead atoms. The molecule has 9 heteroatoms. The van der Waals surface area contributed by atoms with Crippen LogP contribution in [0.2, 0.25) is 0 Å². The SMILES string of the molecule is COc1ccc(-c2coc3cc(OCC(=O)N4CCN(c5ccccc5F)CC4)cc(O)c3c2=O)cc1. The first-order valence-electron chi connectivity index (χ1n) is 11.8. The van der Waals surface area contributed by atoms with Crippen LogP contribution < -0.4 is 19.8 Å². The number of anilines is 1. The summed E-state index contributed by atoms with van der Waals surface area (Å²) < 4.78 is 30.5. The number of hydrogen-bond acceptors (Lipinski definition) is 7. The fourth-order valence-electron chi connectivity index (χ4n) is 4.40. The topological polar surface area (TPSA) is 92.5 Å². The standard InChI is InChI=1S/C28H25FN2O6/c1-35-19-8-6-18(7-9-19)21-16-37-25-15-20(14-24(32)27(25)28(21)34)36-17-26(33)31-12-10-30(11-13-31)23-5-3-2-4-22(23)29/h2-9,14-16,32H,10-13,17H2,1H3. The van der Waals surface area contributed by atoms with E-state index in [0.717, 1.165) is 0 Å². The van der Waals surface area contributed by atoms with Crippen LogP contribution in [0.3, 0.4) is 0 Å². The summed E-state index contributed by atoms with van der Waals surface area (Å²) in [5, 5.41) is 10.6. The Kier molecular flexibility index (Phi) is 6.68. The van der Waals surface area contributed by atoms with E-state index in [1.807, 2.05) is 4.90 Å². The highest BCUT2D eigenvalue weighted by molar-refractivity contribution is 5.88. The predicted molar refractivity (Wildman–Crippen MR) is 137 cm³/mol. The quantitative estimate of drug-likeness (QED) is 0.424. The van der Waals surface area contributed by atoms with Crippen molar-refractivity contribution < 1.29 is 28.2 Å². The van der Waals surface area contributed by atoms with Crippen molar-refractivity contribution >= 4 is 22.6 Å². The molecule has 1 saturated heterocycles. The van der Waals surface area contributed by atoms with Gasteiger partial charge in [-0.15, -0.1) is 0 Å². The molecule has 1 N–H and O–H groups in total. The highest BCUT2D eigenvalue weighted by Crippen LogP contribution is 2.31. The third-order valence-electron chi connectivity index (χ3n) is 6.42. The van der Waals surface area contributed by atoms with Crippen molar-refractivity contribution in [3.63, 3.8) is 0 Å². The van der Waals surface area contributed by atoms with Crippen molar-refractivity contribution in [1.29, 1.82) is 0 Å². The molecule has 0 unspecified atom stereocenters. The summed E-state index contributed by atoms with van der Waals surface area (Å²) in [6.07, 6.45) is 1.33. The second-order valence-electron chi connectivity index (χ2n) is 8.63. The molecule has 1 amide bonds. The van der Waals surface area contributed by atoms with Gasteiger partial charge in [0.1, 0.15) is 40.3 Å². The number of ether oxygens (including phenoxy) is 2. The molecule has 1 aliphatic rings. The largest absolute Gasteiger partial charge is 0.507 e. The van der Waals surface area contributed by atoms with Gasteiger partial charge < -0.3 is 28.8 Å². The molecule has 4 aromatic rings. The second-order valence-corrected chi connectivity index (χ2v) is 8.63. The first kappa shape index (κ1) is 24.2. The van der Waals surface area contributed by atoms with E-state index in [0.29, 0.717) is 48.7 Å². The number of amides is 1. The van der Waals surface area contributed by atoms with E-state index in [1.54, 1.807) is 54.5 Å². The van der Waals surface area contributed by atoms with Gasteiger partial charge in [0.15, 0.2) is 6.61 Å². The molecule has 0 radical (unpaired) electrons. The Labute approximate surface area is 212 Å². The molecule has 2 heterocycles. The van der Waals surface area contributed by atoms with Crippen molar-refractivity contribution in [1.82, 2.24) is 4.90 Å². The number of aromatic hydroxyl groups is 1. The molecule has 1 aliphatic heterocycles. The molecule has 37 heavy (non-hydrogen) atoms. The highest BCUT2D eigenvalue weighted by atomic mass is 19.1. The number of carbonyl (C=O) groups is 1. The van der Waals surface area contributed by atoms with Gasteiger partial charge in [-0.3, -0.25) is 9.59 Å². The van der Waals surface area contributed by atoms with E-state index in [-0.39, 0.29) is 46.2 Å². The zero-order valence-electron chi connectivity index (χ0n) is 20.1. The molecule has 1 fully saturated rings. The van der Waals surface area contributed by atoms with Gasteiger partial charge in [0.2, 0.25) is 5.43 Å². The average Bonchev–Trinajstić information content (AvgIpc) is 2.92. The monoisotopic (exact) mass is 504 g/mol. The Hall–Kier alpha value is -4.53. The van der Waals surface area contributed by atoms with E-state index in [4.69, 9.17) is 13.9 Å². The number of fused-ring (bicyclic) bond motifs is 1. The number of hydrogen-bond donors (Lipinski definition) is 1. The minimum Gasteiger partial charge on any atom is -0.507 e. The maximum absolute atomic E-state index is 14.0. The number of nitrogens with zero attached hydrogens (tertiary/aromatic N) is 2. The lowest BCUT2D eigenvalue weighted by Gasteiger charge is -2.36. The Balaban J connectivity index is 1.25. The van der Waals surface area contributed by atoms with E-state index in [2.05, 4.69) is 0 Å². The van der Waals surface area contributed by atoms with Crippen molar-refractivity contribution in [2.45, 2.75) is 0 Å². The second kappa shape index (κ2) is 10.2. The van der Waals surface area contributed by atoms with Crippen LogP contribution in [0.25, 0.3) is 22.1 Å². The van der Waals surface area contributed by atoms with Gasteiger partial charge in [-0.1, -0.05) is 24.3 Å². The van der Waals surface area contributed by atoms with Gasteiger partial charge in [0, 0.05) is 38.3 Å². The first-order valence-corrected chi connectivity index (χ1v) is 11.8. The van der Waals surface area contributed by atoms with Crippen LogP contribution in [0.5, 0.6) is 17.2 Å². The number of piperazine rings is 1. The molecule has 0 aliphatic carbocycles. The van der Waals surface area contributed by atoms with Crippen LogP contribution >= 0.6 is 0 Å². The summed E-state index contributed by atoms with van der Waals surface area (Å²) in [5.74, 6) is 0.0277. The molecule has 190 valence electrons. The van der Waals surface area contributed by atoms with Gasteiger partial charge in [-0.25, -0.2) is 4.39 Å². The molecular weight excluding hydrogens is 479 g/mol. The lowest BCUT2D eigenvalue weighted by Crippen LogP contribution is -2.50. The summed E-state index contributed by atoms with van der Waals surface area (Å²) in [6, 6.07) is 16.2. The Bertz CT molecular complexity index is 1490. The predicted octanol–water partition coefficient (Wildman–Crippen LogP) is 4.04. The zero-order valence-corrected chi connectivity index (χ0v) is 20.1. The number of halogens is 1. The third-order valence-corrected chi connectivity index (χ3v) is 6.42.